The summed E-state index contributed by atoms with van der Waals surface area (Å²) in [5.74, 6) is -1.02. The number of hydrogen-bond acceptors (Lipinski definition) is 5. The van der Waals surface area contributed by atoms with Gasteiger partial charge in [0.15, 0.2) is 0 Å². The average molecular weight is 457 g/mol. The van der Waals surface area contributed by atoms with Crippen LogP contribution < -0.4 is 15.0 Å². The van der Waals surface area contributed by atoms with Gasteiger partial charge in [-0.25, -0.2) is 0 Å². The Morgan fingerprint density at radius 1 is 1.03 bits per heavy atom. The van der Waals surface area contributed by atoms with Crippen LogP contribution in [0.3, 0.4) is 0 Å². The number of carbonyl (C=O) groups excluding carboxylic acids is 2. The molecule has 0 fully saturated rings. The normalized spacial score (nSPS) is 19.5. The molecule has 172 valence electrons. The third kappa shape index (κ3) is 4.13. The second-order valence-electron chi connectivity index (χ2n) is 8.03. The Morgan fingerprint density at radius 3 is 2.32 bits per heavy atom. The SMILES string of the molecule is COc1ccc(N2C=C[C@@H](c3ccccc3[N+](=O)[O-])[C@](C)(NC(=O)c3ccccc3)C2=O)cc1. The number of para-hydroxylation sites is 1. The molecule has 4 rings (SSSR count). The molecule has 0 aromatic heterocycles. The highest BCUT2D eigenvalue weighted by atomic mass is 16.6. The van der Waals surface area contributed by atoms with Gasteiger partial charge in [0.25, 0.3) is 17.5 Å². The zero-order valence-electron chi connectivity index (χ0n) is 18.7. The number of nitrogens with zero attached hydrogens (tertiary/aromatic N) is 2. The smallest absolute Gasteiger partial charge is 0.273 e. The monoisotopic (exact) mass is 457 g/mol. The lowest BCUT2D eigenvalue weighted by Gasteiger charge is -2.41. The highest BCUT2D eigenvalue weighted by molar-refractivity contribution is 6.07. The van der Waals surface area contributed by atoms with Crippen LogP contribution >= 0.6 is 0 Å². The molecule has 0 bridgehead atoms. The number of nitro groups is 1. The molecule has 0 unspecified atom stereocenters. The second-order valence-corrected chi connectivity index (χ2v) is 8.03. The molecule has 0 aliphatic carbocycles. The van der Waals surface area contributed by atoms with E-state index in [0.29, 0.717) is 22.6 Å². The van der Waals surface area contributed by atoms with E-state index in [1.807, 2.05) is 0 Å². The van der Waals surface area contributed by atoms with Crippen molar-refractivity contribution in [3.8, 4) is 5.75 Å². The fourth-order valence-electron chi connectivity index (χ4n) is 4.12. The molecule has 8 heteroatoms. The summed E-state index contributed by atoms with van der Waals surface area (Å²) < 4.78 is 5.19. The topological polar surface area (TPSA) is 102 Å². The summed E-state index contributed by atoms with van der Waals surface area (Å²) in [6.45, 7) is 1.59. The number of rotatable bonds is 6. The van der Waals surface area contributed by atoms with Gasteiger partial charge in [0, 0.05) is 35.0 Å². The van der Waals surface area contributed by atoms with Crippen LogP contribution in [-0.4, -0.2) is 29.4 Å². The molecule has 34 heavy (non-hydrogen) atoms. The summed E-state index contributed by atoms with van der Waals surface area (Å²) in [5, 5.41) is 14.6. The quantitative estimate of drug-likeness (QED) is 0.436. The third-order valence-electron chi connectivity index (χ3n) is 5.94. The van der Waals surface area contributed by atoms with Crippen LogP contribution in [0.15, 0.2) is 91.1 Å². The van der Waals surface area contributed by atoms with Gasteiger partial charge in [-0.1, -0.05) is 42.5 Å². The first-order valence-electron chi connectivity index (χ1n) is 10.6. The van der Waals surface area contributed by atoms with Gasteiger partial charge in [-0.3, -0.25) is 24.6 Å². The minimum absolute atomic E-state index is 0.122. The van der Waals surface area contributed by atoms with E-state index < -0.39 is 28.2 Å². The van der Waals surface area contributed by atoms with Crippen molar-refractivity contribution in [2.24, 2.45) is 0 Å². The molecule has 0 radical (unpaired) electrons. The van der Waals surface area contributed by atoms with E-state index in [1.54, 1.807) is 99.1 Å². The molecule has 1 aliphatic heterocycles. The summed E-state index contributed by atoms with van der Waals surface area (Å²) in [7, 11) is 1.55. The largest absolute Gasteiger partial charge is 0.497 e. The maximum Gasteiger partial charge on any atom is 0.273 e. The fraction of sp³-hybridized carbons (Fsp3) is 0.154. The van der Waals surface area contributed by atoms with Gasteiger partial charge in [0.05, 0.1) is 12.0 Å². The maximum atomic E-state index is 13.9. The first kappa shape index (κ1) is 22.7. The van der Waals surface area contributed by atoms with Crippen molar-refractivity contribution in [3.05, 3.63) is 112 Å². The minimum Gasteiger partial charge on any atom is -0.497 e. The van der Waals surface area contributed by atoms with E-state index in [0.717, 1.165) is 0 Å². The molecule has 8 nitrogen and oxygen atoms in total. The summed E-state index contributed by atoms with van der Waals surface area (Å²) >= 11 is 0. The molecule has 0 saturated carbocycles. The highest BCUT2D eigenvalue weighted by Gasteiger charge is 2.49. The number of anilines is 1. The first-order valence-corrected chi connectivity index (χ1v) is 10.6. The molecular formula is C26H23N3O5. The van der Waals surface area contributed by atoms with Gasteiger partial charge in [0.1, 0.15) is 11.3 Å². The van der Waals surface area contributed by atoms with E-state index in [1.165, 1.54) is 11.0 Å². The van der Waals surface area contributed by atoms with Crippen LogP contribution in [0.25, 0.3) is 0 Å². The summed E-state index contributed by atoms with van der Waals surface area (Å²) in [6, 6.07) is 21.7. The van der Waals surface area contributed by atoms with Crippen molar-refractivity contribution in [1.82, 2.24) is 5.32 Å². The predicted octanol–water partition coefficient (Wildman–Crippen LogP) is 4.44. The number of carbonyl (C=O) groups is 2. The number of amides is 2. The molecule has 0 spiro atoms. The van der Waals surface area contributed by atoms with Gasteiger partial charge < -0.3 is 10.1 Å². The molecule has 1 aliphatic rings. The van der Waals surface area contributed by atoms with E-state index >= 15 is 0 Å². The van der Waals surface area contributed by atoms with Crippen molar-refractivity contribution in [2.45, 2.75) is 18.4 Å². The average Bonchev–Trinajstić information content (AvgIpc) is 2.86. The van der Waals surface area contributed by atoms with Gasteiger partial charge in [-0.2, -0.15) is 0 Å². The van der Waals surface area contributed by atoms with Crippen LogP contribution in [-0.2, 0) is 4.79 Å². The maximum absolute atomic E-state index is 13.9. The molecule has 1 N–H and O–H groups in total. The molecule has 3 aromatic carbocycles. The fourth-order valence-corrected chi connectivity index (χ4v) is 4.12. The Morgan fingerprint density at radius 2 is 1.68 bits per heavy atom. The van der Waals surface area contributed by atoms with Crippen LogP contribution in [0.4, 0.5) is 11.4 Å². The number of ether oxygens (including phenoxy) is 1. The number of nitro benzene ring substituents is 1. The first-order chi connectivity index (χ1) is 16.3. The van der Waals surface area contributed by atoms with Gasteiger partial charge in [-0.15, -0.1) is 0 Å². The summed E-state index contributed by atoms with van der Waals surface area (Å²) in [4.78, 5) is 39.7. The molecular weight excluding hydrogens is 434 g/mol. The Labute approximate surface area is 196 Å². The summed E-state index contributed by atoms with van der Waals surface area (Å²) in [5.41, 5.74) is -0.342. The van der Waals surface area contributed by atoms with Crippen LogP contribution in [0.2, 0.25) is 0 Å². The van der Waals surface area contributed by atoms with Crippen molar-refractivity contribution >= 4 is 23.2 Å². The molecule has 3 aromatic rings. The van der Waals surface area contributed by atoms with E-state index in [-0.39, 0.29) is 5.69 Å². The zero-order chi connectivity index (χ0) is 24.3. The minimum atomic E-state index is -1.51. The predicted molar refractivity (Wildman–Crippen MR) is 128 cm³/mol. The Bertz CT molecular complexity index is 1260. The Kier molecular flexibility index (Phi) is 6.14. The lowest BCUT2D eigenvalue weighted by Crippen LogP contribution is -2.62. The van der Waals surface area contributed by atoms with Crippen molar-refractivity contribution in [3.63, 3.8) is 0 Å². The number of nitrogens with one attached hydrogen (secondary N) is 1. The lowest BCUT2D eigenvalue weighted by atomic mass is 9.76. The van der Waals surface area contributed by atoms with E-state index in [4.69, 9.17) is 4.74 Å². The molecule has 2 amide bonds. The van der Waals surface area contributed by atoms with Crippen LogP contribution in [0, 0.1) is 10.1 Å². The highest BCUT2D eigenvalue weighted by Crippen LogP contribution is 2.40. The second kappa shape index (κ2) is 9.19. The Balaban J connectivity index is 1.81. The number of methoxy groups -OCH3 is 1. The van der Waals surface area contributed by atoms with Gasteiger partial charge >= 0.3 is 0 Å². The van der Waals surface area contributed by atoms with Crippen molar-refractivity contribution in [2.75, 3.05) is 12.0 Å². The van der Waals surface area contributed by atoms with Crippen LogP contribution in [0.5, 0.6) is 5.75 Å². The van der Waals surface area contributed by atoms with E-state index in [9.17, 15) is 19.7 Å². The molecule has 2 atom stereocenters. The molecule has 1 heterocycles. The third-order valence-corrected chi connectivity index (χ3v) is 5.94. The van der Waals surface area contributed by atoms with Gasteiger partial charge in [0.2, 0.25) is 0 Å². The van der Waals surface area contributed by atoms with Crippen molar-refractivity contribution < 1.29 is 19.2 Å². The lowest BCUT2D eigenvalue weighted by molar-refractivity contribution is -0.385. The Hall–Kier alpha value is -4.46. The number of benzene rings is 3. The summed E-state index contributed by atoms with van der Waals surface area (Å²) in [6.07, 6.45) is 3.29. The van der Waals surface area contributed by atoms with Gasteiger partial charge in [-0.05, 0) is 43.3 Å². The standard InChI is InChI=1S/C26H23N3O5/c1-26(27-24(30)18-8-4-3-5-9-18)22(21-10-6-7-11-23(21)29(32)33)16-17-28(25(26)31)19-12-14-20(34-2)15-13-19/h3-17,22H,1-2H3,(H,27,30)/t22-,26-/m0/s1. The van der Waals surface area contributed by atoms with Crippen molar-refractivity contribution in [1.29, 1.82) is 0 Å². The van der Waals surface area contributed by atoms with E-state index in [2.05, 4.69) is 5.32 Å². The van der Waals surface area contributed by atoms with Crippen LogP contribution in [0.1, 0.15) is 28.8 Å². The zero-order valence-corrected chi connectivity index (χ0v) is 18.7. The number of hydrogen-bond donors (Lipinski definition) is 1. The molecule has 0 saturated heterocycles.